The lowest BCUT2D eigenvalue weighted by Gasteiger charge is -2.23. The maximum absolute atomic E-state index is 5.83. The summed E-state index contributed by atoms with van der Waals surface area (Å²) >= 11 is 5.83. The molecule has 0 spiro atoms. The van der Waals surface area contributed by atoms with E-state index in [2.05, 4.69) is 6.92 Å². The van der Waals surface area contributed by atoms with Gasteiger partial charge in [0, 0.05) is 5.88 Å². The summed E-state index contributed by atoms with van der Waals surface area (Å²) < 4.78 is 0. The van der Waals surface area contributed by atoms with E-state index in [0.29, 0.717) is 0 Å². The number of halogens is 1. The molecule has 4 atom stereocenters. The van der Waals surface area contributed by atoms with Crippen molar-refractivity contribution in [3.8, 4) is 0 Å². The lowest BCUT2D eigenvalue weighted by atomic mass is 9.83. The third-order valence-electron chi connectivity index (χ3n) is 3.85. The van der Waals surface area contributed by atoms with Crippen LogP contribution in [0.4, 0.5) is 0 Å². The second kappa shape index (κ2) is 3.57. The van der Waals surface area contributed by atoms with Gasteiger partial charge in [-0.15, -0.1) is 11.6 Å². The van der Waals surface area contributed by atoms with Crippen LogP contribution in [-0.2, 0) is 0 Å². The normalized spacial score (nSPS) is 42.0. The Morgan fingerprint density at radius 3 is 2.67 bits per heavy atom. The van der Waals surface area contributed by atoms with E-state index < -0.39 is 0 Å². The average molecular weight is 187 g/mol. The van der Waals surface area contributed by atoms with E-state index in [9.17, 15) is 0 Å². The standard InChI is InChI=1S/C11H19Cl/c1-8(7-12)4-11-6-9-2-3-10(11)5-9/h8-11H,2-7H2,1H3. The van der Waals surface area contributed by atoms with Crippen LogP contribution in [0.5, 0.6) is 0 Å². The molecule has 0 radical (unpaired) electrons. The molecule has 4 unspecified atom stereocenters. The van der Waals surface area contributed by atoms with Crippen molar-refractivity contribution in [2.45, 2.75) is 39.0 Å². The number of alkyl halides is 1. The van der Waals surface area contributed by atoms with Crippen molar-refractivity contribution in [2.24, 2.45) is 23.7 Å². The van der Waals surface area contributed by atoms with E-state index >= 15 is 0 Å². The smallest absolute Gasteiger partial charge is 0.0249 e. The minimum atomic E-state index is 0.746. The number of hydrogen-bond donors (Lipinski definition) is 0. The summed E-state index contributed by atoms with van der Waals surface area (Å²) in [5, 5.41) is 0. The molecule has 2 aliphatic rings. The van der Waals surface area contributed by atoms with Crippen LogP contribution in [0, 0.1) is 23.7 Å². The summed E-state index contributed by atoms with van der Waals surface area (Å²) in [5.74, 6) is 4.82. The molecule has 2 aliphatic carbocycles. The molecule has 2 rings (SSSR count). The molecule has 0 amide bonds. The molecular formula is C11H19Cl. The van der Waals surface area contributed by atoms with Crippen molar-refractivity contribution in [1.29, 1.82) is 0 Å². The fourth-order valence-electron chi connectivity index (χ4n) is 3.24. The van der Waals surface area contributed by atoms with Crippen LogP contribution >= 0.6 is 11.6 Å². The molecule has 70 valence electrons. The van der Waals surface area contributed by atoms with Crippen LogP contribution in [-0.4, -0.2) is 5.88 Å². The van der Waals surface area contributed by atoms with E-state index in [1.54, 1.807) is 6.42 Å². The summed E-state index contributed by atoms with van der Waals surface area (Å²) in [6.07, 6.45) is 7.50. The van der Waals surface area contributed by atoms with Crippen LogP contribution in [0.3, 0.4) is 0 Å². The van der Waals surface area contributed by atoms with Crippen molar-refractivity contribution in [3.63, 3.8) is 0 Å². The summed E-state index contributed by atoms with van der Waals surface area (Å²) in [6, 6.07) is 0. The molecule has 12 heavy (non-hydrogen) atoms. The highest BCUT2D eigenvalue weighted by molar-refractivity contribution is 6.18. The van der Waals surface area contributed by atoms with Crippen molar-refractivity contribution in [3.05, 3.63) is 0 Å². The van der Waals surface area contributed by atoms with Gasteiger partial charge in [-0.05, 0) is 49.4 Å². The van der Waals surface area contributed by atoms with E-state index in [-0.39, 0.29) is 0 Å². The van der Waals surface area contributed by atoms with Gasteiger partial charge in [-0.1, -0.05) is 13.3 Å². The van der Waals surface area contributed by atoms with E-state index in [4.69, 9.17) is 11.6 Å². The van der Waals surface area contributed by atoms with E-state index in [1.165, 1.54) is 25.7 Å². The van der Waals surface area contributed by atoms with Gasteiger partial charge in [0.1, 0.15) is 0 Å². The Labute approximate surface area is 80.7 Å². The molecule has 0 aromatic heterocycles. The van der Waals surface area contributed by atoms with Gasteiger partial charge in [0.05, 0.1) is 0 Å². The highest BCUT2D eigenvalue weighted by atomic mass is 35.5. The molecule has 0 N–H and O–H groups in total. The zero-order valence-corrected chi connectivity index (χ0v) is 8.69. The first-order chi connectivity index (χ1) is 5.79. The molecule has 0 nitrogen and oxygen atoms in total. The summed E-state index contributed by atoms with van der Waals surface area (Å²) in [4.78, 5) is 0. The maximum atomic E-state index is 5.83. The summed E-state index contributed by atoms with van der Waals surface area (Å²) in [6.45, 7) is 2.29. The van der Waals surface area contributed by atoms with Crippen LogP contribution < -0.4 is 0 Å². The Kier molecular flexibility index (Phi) is 2.64. The van der Waals surface area contributed by atoms with Crippen LogP contribution in [0.25, 0.3) is 0 Å². The molecule has 1 heteroatoms. The highest BCUT2D eigenvalue weighted by Gasteiger charge is 2.39. The molecule has 0 saturated heterocycles. The quantitative estimate of drug-likeness (QED) is 0.590. The fourth-order valence-corrected chi connectivity index (χ4v) is 3.37. The third-order valence-corrected chi connectivity index (χ3v) is 4.38. The zero-order valence-electron chi connectivity index (χ0n) is 7.93. The van der Waals surface area contributed by atoms with Gasteiger partial charge in [0.25, 0.3) is 0 Å². The highest BCUT2D eigenvalue weighted by Crippen LogP contribution is 2.50. The largest absolute Gasteiger partial charge is 0.126 e. The second-order valence-electron chi connectivity index (χ2n) is 4.93. The first-order valence-corrected chi connectivity index (χ1v) is 5.89. The van der Waals surface area contributed by atoms with Crippen molar-refractivity contribution < 1.29 is 0 Å². The average Bonchev–Trinajstić information content (AvgIpc) is 2.64. The molecule has 2 fully saturated rings. The Balaban J connectivity index is 1.82. The molecule has 0 heterocycles. The van der Waals surface area contributed by atoms with Crippen molar-refractivity contribution in [2.75, 3.05) is 5.88 Å². The van der Waals surface area contributed by atoms with Crippen LogP contribution in [0.1, 0.15) is 39.0 Å². The number of rotatable bonds is 3. The van der Waals surface area contributed by atoms with Gasteiger partial charge in [-0.25, -0.2) is 0 Å². The van der Waals surface area contributed by atoms with Crippen molar-refractivity contribution >= 4 is 11.6 Å². The minimum absolute atomic E-state index is 0.746. The monoisotopic (exact) mass is 186 g/mol. The first kappa shape index (κ1) is 8.87. The third kappa shape index (κ3) is 1.64. The topological polar surface area (TPSA) is 0 Å². The Morgan fingerprint density at radius 1 is 1.33 bits per heavy atom. The molecule has 0 aromatic carbocycles. The Hall–Kier alpha value is 0.290. The van der Waals surface area contributed by atoms with Gasteiger partial charge in [-0.3, -0.25) is 0 Å². The molecule has 2 saturated carbocycles. The lowest BCUT2D eigenvalue weighted by Crippen LogP contribution is -2.14. The number of fused-ring (bicyclic) bond motifs is 2. The van der Waals surface area contributed by atoms with E-state index in [0.717, 1.165) is 29.6 Å². The SMILES string of the molecule is CC(CCl)CC1CC2CCC1C2. The van der Waals surface area contributed by atoms with Gasteiger partial charge in [0.2, 0.25) is 0 Å². The summed E-state index contributed by atoms with van der Waals surface area (Å²) in [7, 11) is 0. The van der Waals surface area contributed by atoms with Crippen molar-refractivity contribution in [1.82, 2.24) is 0 Å². The van der Waals surface area contributed by atoms with Gasteiger partial charge in [0.15, 0.2) is 0 Å². The maximum Gasteiger partial charge on any atom is 0.0249 e. The van der Waals surface area contributed by atoms with Gasteiger partial charge >= 0.3 is 0 Å². The fraction of sp³-hybridized carbons (Fsp3) is 1.00. The van der Waals surface area contributed by atoms with Crippen LogP contribution in [0.2, 0.25) is 0 Å². The lowest BCUT2D eigenvalue weighted by molar-refractivity contribution is 0.284. The van der Waals surface area contributed by atoms with Crippen LogP contribution in [0.15, 0.2) is 0 Å². The molecule has 0 aliphatic heterocycles. The summed E-state index contributed by atoms with van der Waals surface area (Å²) in [5.41, 5.74) is 0. The number of hydrogen-bond acceptors (Lipinski definition) is 0. The van der Waals surface area contributed by atoms with E-state index in [1.807, 2.05) is 0 Å². The second-order valence-corrected chi connectivity index (χ2v) is 5.24. The zero-order chi connectivity index (χ0) is 8.55. The Morgan fingerprint density at radius 2 is 2.17 bits per heavy atom. The first-order valence-electron chi connectivity index (χ1n) is 5.35. The molecule has 0 aromatic rings. The molecular weight excluding hydrogens is 168 g/mol. The van der Waals surface area contributed by atoms with Gasteiger partial charge < -0.3 is 0 Å². The predicted molar refractivity (Wildman–Crippen MR) is 53.4 cm³/mol. The minimum Gasteiger partial charge on any atom is -0.126 e. The molecule has 2 bridgehead atoms. The Bertz CT molecular complexity index is 155. The van der Waals surface area contributed by atoms with Gasteiger partial charge in [-0.2, -0.15) is 0 Å². The predicted octanol–water partition coefficient (Wildman–Crippen LogP) is 3.69.